The Hall–Kier alpha value is -1.45. The highest BCUT2D eigenvalue weighted by Gasteiger charge is 2.12. The largest absolute Gasteiger partial charge is 0.508 e. The maximum absolute atomic E-state index is 9.88. The van der Waals surface area contributed by atoms with Crippen molar-refractivity contribution in [3.05, 3.63) is 65.7 Å². The minimum absolute atomic E-state index is 0.176. The Morgan fingerprint density at radius 2 is 1.74 bits per heavy atom. The Morgan fingerprint density at radius 3 is 2.42 bits per heavy atom. The van der Waals surface area contributed by atoms with Crippen molar-refractivity contribution in [3.8, 4) is 5.75 Å². The van der Waals surface area contributed by atoms with Crippen LogP contribution in [0, 0.1) is 0 Å². The lowest BCUT2D eigenvalue weighted by atomic mass is 10.1. The lowest BCUT2D eigenvalue weighted by molar-refractivity contribution is 0.458. The highest BCUT2D eigenvalue weighted by atomic mass is 32.2. The van der Waals surface area contributed by atoms with Crippen molar-refractivity contribution in [2.45, 2.75) is 11.8 Å². The molecule has 0 aromatic heterocycles. The second kappa shape index (κ2) is 7.22. The highest BCUT2D eigenvalue weighted by Crippen LogP contribution is 2.27. The van der Waals surface area contributed by atoms with Crippen LogP contribution in [0.4, 0.5) is 0 Å². The third kappa shape index (κ3) is 4.01. The Morgan fingerprint density at radius 1 is 1.05 bits per heavy atom. The second-order valence-electron chi connectivity index (χ2n) is 4.40. The quantitative estimate of drug-likeness (QED) is 0.843. The zero-order valence-corrected chi connectivity index (χ0v) is 11.9. The van der Waals surface area contributed by atoms with Crippen molar-refractivity contribution in [1.29, 1.82) is 0 Å². The van der Waals surface area contributed by atoms with Gasteiger partial charge in [0.2, 0.25) is 0 Å². The molecule has 0 aliphatic heterocycles. The number of benzene rings is 2. The molecule has 0 amide bonds. The number of phenols is 1. The molecule has 3 heteroatoms. The van der Waals surface area contributed by atoms with Gasteiger partial charge in [0.15, 0.2) is 0 Å². The van der Waals surface area contributed by atoms with Gasteiger partial charge >= 0.3 is 0 Å². The van der Waals surface area contributed by atoms with Crippen LogP contribution >= 0.6 is 11.8 Å². The van der Waals surface area contributed by atoms with Crippen molar-refractivity contribution in [2.24, 2.45) is 0 Å². The molecule has 0 spiro atoms. The van der Waals surface area contributed by atoms with Crippen molar-refractivity contribution in [1.82, 2.24) is 5.32 Å². The molecule has 19 heavy (non-hydrogen) atoms. The minimum atomic E-state index is 0.176. The summed E-state index contributed by atoms with van der Waals surface area (Å²) in [5, 5.41) is 13.1. The fraction of sp³-hybridized carbons (Fsp3) is 0.250. The van der Waals surface area contributed by atoms with Crippen LogP contribution in [0.25, 0.3) is 0 Å². The van der Waals surface area contributed by atoms with Crippen molar-refractivity contribution < 1.29 is 5.11 Å². The van der Waals surface area contributed by atoms with Crippen LogP contribution in [-0.4, -0.2) is 17.9 Å². The van der Waals surface area contributed by atoms with E-state index in [1.165, 1.54) is 5.56 Å². The van der Waals surface area contributed by atoms with Crippen LogP contribution in [0.5, 0.6) is 5.75 Å². The van der Waals surface area contributed by atoms with E-state index in [2.05, 4.69) is 29.6 Å². The normalized spacial score (nSPS) is 12.3. The van der Waals surface area contributed by atoms with Crippen LogP contribution in [0.2, 0.25) is 0 Å². The van der Waals surface area contributed by atoms with Gasteiger partial charge in [0.05, 0.1) is 0 Å². The number of rotatable bonds is 6. The Bertz CT molecular complexity index is 501. The molecule has 0 heterocycles. The number of hydrogen-bond acceptors (Lipinski definition) is 3. The summed E-state index contributed by atoms with van der Waals surface area (Å²) in [4.78, 5) is 0. The van der Waals surface area contributed by atoms with Gasteiger partial charge in [-0.25, -0.2) is 0 Å². The zero-order chi connectivity index (χ0) is 13.5. The van der Waals surface area contributed by atoms with Crippen LogP contribution in [0.15, 0.2) is 54.6 Å². The standard InChI is InChI=1S/C16H19NOS/c1-17-15(14-9-5-6-10-16(14)18)12-19-11-13-7-3-2-4-8-13/h2-10,15,17-18H,11-12H2,1H3/t15-/m1/s1. The fourth-order valence-electron chi connectivity index (χ4n) is 1.98. The molecule has 0 aliphatic rings. The lowest BCUT2D eigenvalue weighted by Gasteiger charge is -2.17. The van der Waals surface area contributed by atoms with Gasteiger partial charge in [-0.05, 0) is 18.7 Å². The van der Waals surface area contributed by atoms with E-state index >= 15 is 0 Å². The molecular formula is C16H19NOS. The van der Waals surface area contributed by atoms with Gasteiger partial charge < -0.3 is 10.4 Å². The smallest absolute Gasteiger partial charge is 0.120 e. The summed E-state index contributed by atoms with van der Waals surface area (Å²) in [6, 6.07) is 18.1. The summed E-state index contributed by atoms with van der Waals surface area (Å²) in [7, 11) is 1.93. The average molecular weight is 273 g/mol. The summed E-state index contributed by atoms with van der Waals surface area (Å²) in [5.74, 6) is 2.29. The van der Waals surface area contributed by atoms with Gasteiger partial charge in [-0.1, -0.05) is 48.5 Å². The molecule has 0 bridgehead atoms. The monoisotopic (exact) mass is 273 g/mol. The first-order chi connectivity index (χ1) is 9.31. The maximum atomic E-state index is 9.88. The molecule has 0 aliphatic carbocycles. The lowest BCUT2D eigenvalue weighted by Crippen LogP contribution is -2.18. The Kier molecular flexibility index (Phi) is 5.31. The zero-order valence-electron chi connectivity index (χ0n) is 11.0. The molecule has 2 N–H and O–H groups in total. The Balaban J connectivity index is 1.92. The number of nitrogens with one attached hydrogen (secondary N) is 1. The summed E-state index contributed by atoms with van der Waals surface area (Å²) >= 11 is 1.87. The van der Waals surface area contributed by atoms with Crippen LogP contribution in [0.3, 0.4) is 0 Å². The number of phenolic OH excluding ortho intramolecular Hbond substituents is 1. The van der Waals surface area contributed by atoms with Gasteiger partial charge in [-0.3, -0.25) is 0 Å². The maximum Gasteiger partial charge on any atom is 0.120 e. The number of thioether (sulfide) groups is 1. The van der Waals surface area contributed by atoms with Crippen LogP contribution in [0.1, 0.15) is 17.2 Å². The van der Waals surface area contributed by atoms with Crippen molar-refractivity contribution >= 4 is 11.8 Å². The molecule has 2 rings (SSSR count). The minimum Gasteiger partial charge on any atom is -0.508 e. The summed E-state index contributed by atoms with van der Waals surface area (Å²) in [6.45, 7) is 0. The van der Waals surface area contributed by atoms with Gasteiger partial charge in [0.1, 0.15) is 5.75 Å². The molecule has 100 valence electrons. The average Bonchev–Trinajstić information content (AvgIpc) is 2.46. The molecule has 2 nitrogen and oxygen atoms in total. The predicted molar refractivity (Wildman–Crippen MR) is 82.5 cm³/mol. The predicted octanol–water partition coefficient (Wildman–Crippen LogP) is 3.59. The van der Waals surface area contributed by atoms with E-state index < -0.39 is 0 Å². The fourth-order valence-corrected chi connectivity index (χ4v) is 3.11. The van der Waals surface area contributed by atoms with E-state index in [0.29, 0.717) is 5.75 Å². The van der Waals surface area contributed by atoms with E-state index in [9.17, 15) is 5.11 Å². The summed E-state index contributed by atoms with van der Waals surface area (Å²) in [5.41, 5.74) is 2.30. The van der Waals surface area contributed by atoms with Crippen LogP contribution in [-0.2, 0) is 5.75 Å². The number of hydrogen-bond donors (Lipinski definition) is 2. The van der Waals surface area contributed by atoms with E-state index in [4.69, 9.17) is 0 Å². The second-order valence-corrected chi connectivity index (χ2v) is 5.43. The van der Waals surface area contributed by atoms with Gasteiger partial charge in [-0.15, -0.1) is 0 Å². The van der Waals surface area contributed by atoms with Gasteiger partial charge in [0, 0.05) is 23.1 Å². The van der Waals surface area contributed by atoms with Gasteiger partial charge in [-0.2, -0.15) is 11.8 Å². The molecule has 2 aromatic carbocycles. The first-order valence-electron chi connectivity index (χ1n) is 6.38. The van der Waals surface area contributed by atoms with Crippen molar-refractivity contribution in [3.63, 3.8) is 0 Å². The molecule has 1 atom stereocenters. The summed E-state index contributed by atoms with van der Waals surface area (Å²) in [6.07, 6.45) is 0. The molecular weight excluding hydrogens is 254 g/mol. The first-order valence-corrected chi connectivity index (χ1v) is 7.53. The van der Waals surface area contributed by atoms with E-state index in [1.54, 1.807) is 6.07 Å². The number of para-hydroxylation sites is 1. The Labute approximate surface area is 118 Å². The topological polar surface area (TPSA) is 32.3 Å². The molecule has 0 saturated heterocycles. The van der Waals surface area contributed by atoms with Crippen LogP contribution < -0.4 is 5.32 Å². The third-order valence-corrected chi connectivity index (χ3v) is 4.16. The summed E-state index contributed by atoms with van der Waals surface area (Å²) < 4.78 is 0. The molecule has 0 fully saturated rings. The SMILES string of the molecule is CN[C@H](CSCc1ccccc1)c1ccccc1O. The van der Waals surface area contributed by atoms with E-state index in [0.717, 1.165) is 17.1 Å². The molecule has 0 saturated carbocycles. The third-order valence-electron chi connectivity index (χ3n) is 3.06. The van der Waals surface area contributed by atoms with Gasteiger partial charge in [0.25, 0.3) is 0 Å². The molecule has 0 radical (unpaired) electrons. The van der Waals surface area contributed by atoms with E-state index in [-0.39, 0.29) is 6.04 Å². The number of aromatic hydroxyl groups is 1. The van der Waals surface area contributed by atoms with Crippen molar-refractivity contribution in [2.75, 3.05) is 12.8 Å². The molecule has 2 aromatic rings. The first kappa shape index (κ1) is 14.0. The van der Waals surface area contributed by atoms with E-state index in [1.807, 2.05) is 43.1 Å². The highest BCUT2D eigenvalue weighted by molar-refractivity contribution is 7.98. The molecule has 0 unspecified atom stereocenters.